The van der Waals surface area contributed by atoms with Crippen molar-refractivity contribution in [2.75, 3.05) is 0 Å². The van der Waals surface area contributed by atoms with E-state index >= 15 is 0 Å². The summed E-state index contributed by atoms with van der Waals surface area (Å²) in [5.74, 6) is -0.350. The van der Waals surface area contributed by atoms with Crippen LogP contribution in [0.4, 0.5) is 4.39 Å². The molecular formula is C13H11FO2. The molecular weight excluding hydrogens is 207 g/mol. The van der Waals surface area contributed by atoms with Gasteiger partial charge in [0.25, 0.3) is 0 Å². The van der Waals surface area contributed by atoms with E-state index in [4.69, 9.17) is 5.11 Å². The zero-order chi connectivity index (χ0) is 11.5. The number of benzene rings is 2. The van der Waals surface area contributed by atoms with Crippen molar-refractivity contribution in [2.45, 2.75) is 6.61 Å². The lowest BCUT2D eigenvalue weighted by molar-refractivity contribution is 0.282. The number of phenols is 1. The van der Waals surface area contributed by atoms with Crippen LogP contribution >= 0.6 is 0 Å². The highest BCUT2D eigenvalue weighted by Gasteiger charge is 2.05. The molecule has 2 aromatic rings. The maximum absolute atomic E-state index is 13.0. The molecule has 0 fully saturated rings. The largest absolute Gasteiger partial charge is 0.507 e. The minimum atomic E-state index is -0.390. The molecule has 0 radical (unpaired) electrons. The molecule has 0 bridgehead atoms. The average Bonchev–Trinajstić information content (AvgIpc) is 2.32. The first-order valence-electron chi connectivity index (χ1n) is 4.89. The molecule has 0 unspecified atom stereocenters. The van der Waals surface area contributed by atoms with E-state index in [1.807, 2.05) is 0 Å². The molecule has 0 saturated carbocycles. The fraction of sp³-hybridized carbons (Fsp3) is 0.0769. The summed E-state index contributed by atoms with van der Waals surface area (Å²) >= 11 is 0. The zero-order valence-electron chi connectivity index (χ0n) is 8.52. The number of aliphatic hydroxyl groups excluding tert-OH is 1. The van der Waals surface area contributed by atoms with Crippen LogP contribution in [0.1, 0.15) is 5.56 Å². The molecule has 2 nitrogen and oxygen atoms in total. The Bertz CT molecular complexity index is 492. The normalized spacial score (nSPS) is 10.4. The second-order valence-electron chi connectivity index (χ2n) is 3.52. The van der Waals surface area contributed by atoms with E-state index in [9.17, 15) is 9.50 Å². The predicted octanol–water partition coefficient (Wildman–Crippen LogP) is 2.69. The lowest BCUT2D eigenvalue weighted by Gasteiger charge is -2.05. The summed E-state index contributed by atoms with van der Waals surface area (Å²) < 4.78 is 13.0. The van der Waals surface area contributed by atoms with Gasteiger partial charge < -0.3 is 10.2 Å². The first kappa shape index (κ1) is 10.6. The van der Waals surface area contributed by atoms with Gasteiger partial charge >= 0.3 is 0 Å². The zero-order valence-corrected chi connectivity index (χ0v) is 8.52. The number of halogens is 1. The number of aromatic hydroxyl groups is 1. The maximum atomic E-state index is 13.0. The lowest BCUT2D eigenvalue weighted by atomic mass is 10.0. The molecule has 0 aliphatic rings. The first-order valence-corrected chi connectivity index (χ1v) is 4.89. The highest BCUT2D eigenvalue weighted by molar-refractivity contribution is 5.70. The van der Waals surface area contributed by atoms with Gasteiger partial charge in [-0.2, -0.15) is 0 Å². The molecule has 0 aliphatic heterocycles. The molecule has 0 saturated heterocycles. The van der Waals surface area contributed by atoms with Crippen LogP contribution in [0.15, 0.2) is 42.5 Å². The summed E-state index contributed by atoms with van der Waals surface area (Å²) in [6.07, 6.45) is 0. The Kier molecular flexibility index (Phi) is 2.88. The van der Waals surface area contributed by atoms with E-state index < -0.39 is 0 Å². The Labute approximate surface area is 92.6 Å². The third-order valence-corrected chi connectivity index (χ3v) is 2.41. The number of hydrogen-bond acceptors (Lipinski definition) is 2. The van der Waals surface area contributed by atoms with Crippen molar-refractivity contribution in [3.05, 3.63) is 53.8 Å². The van der Waals surface area contributed by atoms with Crippen molar-refractivity contribution in [3.8, 4) is 16.9 Å². The lowest BCUT2D eigenvalue weighted by Crippen LogP contribution is -1.85. The molecule has 16 heavy (non-hydrogen) atoms. The fourth-order valence-electron chi connectivity index (χ4n) is 1.53. The standard InChI is InChI=1S/C13H11FO2/c14-11-5-6-13(16)12(7-11)10-3-1-9(8-15)2-4-10/h1-7,15-16H,8H2. The molecule has 0 spiro atoms. The molecule has 2 N–H and O–H groups in total. The molecule has 2 aromatic carbocycles. The van der Waals surface area contributed by atoms with Crippen LogP contribution in [0.2, 0.25) is 0 Å². The third kappa shape index (κ3) is 2.04. The number of phenolic OH excluding ortho intramolecular Hbond substituents is 1. The van der Waals surface area contributed by atoms with Crippen LogP contribution in [-0.4, -0.2) is 10.2 Å². The van der Waals surface area contributed by atoms with E-state index in [2.05, 4.69) is 0 Å². The van der Waals surface area contributed by atoms with Crippen LogP contribution in [-0.2, 0) is 6.61 Å². The molecule has 0 atom stereocenters. The Morgan fingerprint density at radius 2 is 1.69 bits per heavy atom. The van der Waals surface area contributed by atoms with E-state index in [1.54, 1.807) is 24.3 Å². The fourth-order valence-corrected chi connectivity index (χ4v) is 1.53. The molecule has 0 aromatic heterocycles. The smallest absolute Gasteiger partial charge is 0.124 e. The van der Waals surface area contributed by atoms with Gasteiger partial charge in [0.05, 0.1) is 6.61 Å². The van der Waals surface area contributed by atoms with Gasteiger partial charge in [0.1, 0.15) is 11.6 Å². The summed E-state index contributed by atoms with van der Waals surface area (Å²) in [5.41, 5.74) is 1.94. The molecule has 0 heterocycles. The Hall–Kier alpha value is -1.87. The van der Waals surface area contributed by atoms with E-state index in [0.29, 0.717) is 11.1 Å². The van der Waals surface area contributed by atoms with Gasteiger partial charge in [0, 0.05) is 5.56 Å². The minimum absolute atomic E-state index is 0.0323. The minimum Gasteiger partial charge on any atom is -0.507 e. The average molecular weight is 218 g/mol. The van der Waals surface area contributed by atoms with Crippen LogP contribution in [0.3, 0.4) is 0 Å². The Morgan fingerprint density at radius 1 is 1.00 bits per heavy atom. The summed E-state index contributed by atoms with van der Waals surface area (Å²) in [5, 5.41) is 18.5. The van der Waals surface area contributed by atoms with E-state index in [0.717, 1.165) is 5.56 Å². The summed E-state index contributed by atoms with van der Waals surface area (Å²) in [6, 6.07) is 10.8. The van der Waals surface area contributed by atoms with Crippen molar-refractivity contribution >= 4 is 0 Å². The maximum Gasteiger partial charge on any atom is 0.124 e. The monoisotopic (exact) mass is 218 g/mol. The predicted molar refractivity (Wildman–Crippen MR) is 59.4 cm³/mol. The van der Waals surface area contributed by atoms with Gasteiger partial charge in [0.15, 0.2) is 0 Å². The number of aliphatic hydroxyl groups is 1. The van der Waals surface area contributed by atoms with Crippen molar-refractivity contribution in [2.24, 2.45) is 0 Å². The van der Waals surface area contributed by atoms with Gasteiger partial charge in [-0.3, -0.25) is 0 Å². The third-order valence-electron chi connectivity index (χ3n) is 2.41. The van der Waals surface area contributed by atoms with Crippen molar-refractivity contribution in [3.63, 3.8) is 0 Å². The van der Waals surface area contributed by atoms with Gasteiger partial charge in [-0.25, -0.2) is 4.39 Å². The van der Waals surface area contributed by atoms with Gasteiger partial charge in [-0.05, 0) is 29.3 Å². The summed E-state index contributed by atoms with van der Waals surface area (Å²) in [7, 11) is 0. The molecule has 0 aliphatic carbocycles. The summed E-state index contributed by atoms with van der Waals surface area (Å²) in [4.78, 5) is 0. The molecule has 2 rings (SSSR count). The van der Waals surface area contributed by atoms with Crippen LogP contribution in [0.25, 0.3) is 11.1 Å². The van der Waals surface area contributed by atoms with Crippen LogP contribution in [0.5, 0.6) is 5.75 Å². The van der Waals surface area contributed by atoms with Crippen LogP contribution < -0.4 is 0 Å². The van der Waals surface area contributed by atoms with Gasteiger partial charge in [-0.1, -0.05) is 24.3 Å². The van der Waals surface area contributed by atoms with Gasteiger partial charge in [-0.15, -0.1) is 0 Å². The van der Waals surface area contributed by atoms with E-state index in [-0.39, 0.29) is 18.2 Å². The van der Waals surface area contributed by atoms with Crippen LogP contribution in [0, 0.1) is 5.82 Å². The number of rotatable bonds is 2. The second kappa shape index (κ2) is 4.33. The first-order chi connectivity index (χ1) is 7.70. The molecule has 3 heteroatoms. The summed E-state index contributed by atoms with van der Waals surface area (Å²) in [6.45, 7) is -0.0323. The Balaban J connectivity index is 2.45. The SMILES string of the molecule is OCc1ccc(-c2cc(F)ccc2O)cc1. The van der Waals surface area contributed by atoms with Crippen molar-refractivity contribution < 1.29 is 14.6 Å². The second-order valence-corrected chi connectivity index (χ2v) is 3.52. The van der Waals surface area contributed by atoms with Crippen molar-refractivity contribution in [1.29, 1.82) is 0 Å². The van der Waals surface area contributed by atoms with E-state index in [1.165, 1.54) is 18.2 Å². The highest BCUT2D eigenvalue weighted by Crippen LogP contribution is 2.29. The quantitative estimate of drug-likeness (QED) is 0.813. The molecule has 82 valence electrons. The highest BCUT2D eigenvalue weighted by atomic mass is 19.1. The van der Waals surface area contributed by atoms with Gasteiger partial charge in [0.2, 0.25) is 0 Å². The molecule has 0 amide bonds. The topological polar surface area (TPSA) is 40.5 Å². The van der Waals surface area contributed by atoms with Crippen molar-refractivity contribution in [1.82, 2.24) is 0 Å². The number of hydrogen-bond donors (Lipinski definition) is 2. The Morgan fingerprint density at radius 3 is 2.31 bits per heavy atom.